The minimum Gasteiger partial charge on any atom is -0.872 e. The summed E-state index contributed by atoms with van der Waals surface area (Å²) in [7, 11) is 1.26. The standard InChI is InChI=1S/C24H31N3O5S/c1-6-26(7-2)11-9-12-27-20(16-10-8-13-33-16)18(22(29)23(27)30)21(28)17-14(3)19(24(31)32-5)25-15(17)4/h8,10,13,20,25,28H,6-7,9,11-12H2,1-5H3/b21-18+. The molecule has 0 spiro atoms. The van der Waals surface area contributed by atoms with Crippen molar-refractivity contribution in [2.45, 2.75) is 40.2 Å². The van der Waals surface area contributed by atoms with E-state index in [0.29, 0.717) is 17.8 Å². The van der Waals surface area contributed by atoms with E-state index in [1.54, 1.807) is 13.8 Å². The number of nitrogens with zero attached hydrogens (tertiary/aromatic N) is 1. The molecule has 0 aromatic carbocycles. The van der Waals surface area contributed by atoms with Gasteiger partial charge in [-0.3, -0.25) is 9.59 Å². The van der Waals surface area contributed by atoms with Crippen molar-refractivity contribution < 1.29 is 29.1 Å². The van der Waals surface area contributed by atoms with E-state index in [0.717, 1.165) is 30.9 Å². The lowest BCUT2D eigenvalue weighted by Crippen LogP contribution is -3.11. The van der Waals surface area contributed by atoms with Crippen molar-refractivity contribution in [2.75, 3.05) is 33.3 Å². The fourth-order valence-corrected chi connectivity index (χ4v) is 5.32. The van der Waals surface area contributed by atoms with Gasteiger partial charge in [0.15, 0.2) is 0 Å². The van der Waals surface area contributed by atoms with Crippen LogP contribution in [0.3, 0.4) is 0 Å². The topological polar surface area (TPSA) is 107 Å². The summed E-state index contributed by atoms with van der Waals surface area (Å²) in [4.78, 5) is 44.8. The first-order valence-corrected chi connectivity index (χ1v) is 12.1. The highest BCUT2D eigenvalue weighted by atomic mass is 32.1. The van der Waals surface area contributed by atoms with Crippen molar-refractivity contribution in [1.29, 1.82) is 0 Å². The van der Waals surface area contributed by atoms with Crippen LogP contribution in [0.4, 0.5) is 0 Å². The molecule has 3 heterocycles. The number of methoxy groups -OCH3 is 1. The average molecular weight is 474 g/mol. The van der Waals surface area contributed by atoms with E-state index in [1.807, 2.05) is 17.5 Å². The average Bonchev–Trinajstić information content (AvgIpc) is 3.49. The van der Waals surface area contributed by atoms with Gasteiger partial charge in [0.25, 0.3) is 5.91 Å². The number of aromatic nitrogens is 1. The van der Waals surface area contributed by atoms with Gasteiger partial charge < -0.3 is 24.6 Å². The lowest BCUT2D eigenvalue weighted by molar-refractivity contribution is -0.896. The van der Waals surface area contributed by atoms with Gasteiger partial charge in [0.1, 0.15) is 5.69 Å². The highest BCUT2D eigenvalue weighted by Gasteiger charge is 2.44. The fourth-order valence-electron chi connectivity index (χ4n) is 4.48. The summed E-state index contributed by atoms with van der Waals surface area (Å²) in [6.45, 7) is 10.8. The Kier molecular flexibility index (Phi) is 7.76. The van der Waals surface area contributed by atoms with E-state index in [2.05, 4.69) is 18.8 Å². The zero-order valence-corrected chi connectivity index (χ0v) is 20.6. The molecule has 178 valence electrons. The molecule has 1 atom stereocenters. The number of ketones is 1. The van der Waals surface area contributed by atoms with Crippen LogP contribution in [-0.2, 0) is 14.3 Å². The van der Waals surface area contributed by atoms with Crippen LogP contribution in [0, 0.1) is 13.8 Å². The van der Waals surface area contributed by atoms with Crippen LogP contribution in [0.2, 0.25) is 0 Å². The highest BCUT2D eigenvalue weighted by Crippen LogP contribution is 2.41. The van der Waals surface area contributed by atoms with E-state index < -0.39 is 29.5 Å². The zero-order valence-electron chi connectivity index (χ0n) is 19.7. The third-order valence-corrected chi connectivity index (χ3v) is 7.25. The van der Waals surface area contributed by atoms with Crippen LogP contribution in [0.15, 0.2) is 23.1 Å². The Bertz CT molecular complexity index is 1070. The van der Waals surface area contributed by atoms with Crippen LogP contribution >= 0.6 is 11.3 Å². The number of amides is 1. The van der Waals surface area contributed by atoms with Gasteiger partial charge >= 0.3 is 5.97 Å². The Labute approximate surface area is 197 Å². The zero-order chi connectivity index (χ0) is 24.3. The van der Waals surface area contributed by atoms with Crippen LogP contribution in [0.5, 0.6) is 0 Å². The van der Waals surface area contributed by atoms with Gasteiger partial charge in [-0.05, 0) is 50.3 Å². The number of nitrogens with one attached hydrogen (secondary N) is 2. The molecule has 3 rings (SSSR count). The molecule has 2 N–H and O–H groups in total. The van der Waals surface area contributed by atoms with E-state index in [9.17, 15) is 19.5 Å². The normalized spacial score (nSPS) is 17.9. The molecule has 1 saturated heterocycles. The summed E-state index contributed by atoms with van der Waals surface area (Å²) in [5.74, 6) is -2.53. The van der Waals surface area contributed by atoms with Crippen molar-refractivity contribution >= 4 is 34.8 Å². The van der Waals surface area contributed by atoms with Gasteiger partial charge in [-0.25, -0.2) is 4.79 Å². The number of likely N-dealkylation sites (tertiary alicyclic amines) is 1. The Morgan fingerprint density at radius 1 is 1.27 bits per heavy atom. The van der Waals surface area contributed by atoms with Crippen molar-refractivity contribution in [3.05, 3.63) is 50.5 Å². The number of rotatable bonds is 9. The van der Waals surface area contributed by atoms with Crippen molar-refractivity contribution in [1.82, 2.24) is 9.88 Å². The third kappa shape index (κ3) is 4.60. The summed E-state index contributed by atoms with van der Waals surface area (Å²) in [6.07, 6.45) is 0.730. The smallest absolute Gasteiger partial charge is 0.354 e. The molecule has 33 heavy (non-hydrogen) atoms. The van der Waals surface area contributed by atoms with Crippen molar-refractivity contribution in [3.8, 4) is 0 Å². The van der Waals surface area contributed by atoms with Gasteiger partial charge in [0.2, 0.25) is 5.78 Å². The molecule has 2 aromatic rings. The van der Waals surface area contributed by atoms with E-state index in [-0.39, 0.29) is 16.8 Å². The maximum Gasteiger partial charge on any atom is 0.354 e. The number of hydrogen-bond acceptors (Lipinski definition) is 6. The number of esters is 1. The van der Waals surface area contributed by atoms with E-state index in [4.69, 9.17) is 4.74 Å². The van der Waals surface area contributed by atoms with Crippen LogP contribution < -0.4 is 10.0 Å². The number of carbonyl (C=O) groups excluding carboxylic acids is 3. The molecule has 0 saturated carbocycles. The van der Waals surface area contributed by atoms with Crippen molar-refractivity contribution in [2.24, 2.45) is 0 Å². The van der Waals surface area contributed by atoms with E-state index >= 15 is 0 Å². The maximum absolute atomic E-state index is 13.7. The monoisotopic (exact) mass is 473 g/mol. The molecular weight excluding hydrogens is 442 g/mol. The second-order valence-corrected chi connectivity index (χ2v) is 9.14. The van der Waals surface area contributed by atoms with Gasteiger partial charge in [0.05, 0.1) is 32.8 Å². The number of quaternary nitrogens is 1. The number of ether oxygens (including phenoxy) is 1. The number of H-pyrrole nitrogens is 1. The molecule has 0 radical (unpaired) electrons. The molecule has 0 aliphatic carbocycles. The molecule has 1 amide bonds. The molecule has 1 aliphatic heterocycles. The number of aromatic amines is 1. The Hall–Kier alpha value is -2.91. The Balaban J connectivity index is 2.06. The lowest BCUT2D eigenvalue weighted by Gasteiger charge is -2.27. The molecule has 1 fully saturated rings. The predicted molar refractivity (Wildman–Crippen MR) is 124 cm³/mol. The molecule has 1 unspecified atom stereocenters. The first kappa shape index (κ1) is 24.7. The number of carbonyl (C=O) groups is 3. The SMILES string of the molecule is CC[NH+](CC)CCCN1C(=O)C(=O)/C(=C(/[O-])c2c(C)[nH]c(C(=O)OC)c2C)C1c1cccs1. The van der Waals surface area contributed by atoms with Gasteiger partial charge in [0, 0.05) is 29.1 Å². The van der Waals surface area contributed by atoms with Crippen LogP contribution in [0.1, 0.15) is 58.5 Å². The largest absolute Gasteiger partial charge is 0.872 e. The Morgan fingerprint density at radius 2 is 1.97 bits per heavy atom. The summed E-state index contributed by atoms with van der Waals surface area (Å²) < 4.78 is 4.79. The summed E-state index contributed by atoms with van der Waals surface area (Å²) in [5, 5.41) is 15.6. The first-order valence-electron chi connectivity index (χ1n) is 11.2. The number of aryl methyl sites for hydroxylation is 1. The predicted octanol–water partition coefficient (Wildman–Crippen LogP) is 1.02. The quantitative estimate of drug-likeness (QED) is 0.245. The first-order chi connectivity index (χ1) is 15.8. The number of thiophene rings is 1. The molecule has 9 heteroatoms. The van der Waals surface area contributed by atoms with Gasteiger partial charge in [-0.1, -0.05) is 11.8 Å². The molecular formula is C24H31N3O5S. The third-order valence-electron chi connectivity index (χ3n) is 6.33. The maximum atomic E-state index is 13.7. The minimum absolute atomic E-state index is 0.0562. The second-order valence-electron chi connectivity index (χ2n) is 8.17. The molecule has 8 nitrogen and oxygen atoms in total. The Morgan fingerprint density at radius 3 is 2.55 bits per heavy atom. The molecule has 1 aliphatic rings. The molecule has 2 aromatic heterocycles. The second kappa shape index (κ2) is 10.4. The van der Waals surface area contributed by atoms with Crippen LogP contribution in [-0.4, -0.2) is 60.8 Å². The molecule has 0 bridgehead atoms. The van der Waals surface area contributed by atoms with E-state index in [1.165, 1.54) is 28.2 Å². The van der Waals surface area contributed by atoms with Crippen LogP contribution in [0.25, 0.3) is 5.76 Å². The summed E-state index contributed by atoms with van der Waals surface area (Å²) >= 11 is 1.41. The highest BCUT2D eigenvalue weighted by molar-refractivity contribution is 7.10. The van der Waals surface area contributed by atoms with Gasteiger partial charge in [-0.2, -0.15) is 0 Å². The number of Topliss-reactive ketones (excluding diaryl/α,β-unsaturated/α-hetero) is 1. The van der Waals surface area contributed by atoms with Gasteiger partial charge in [-0.15, -0.1) is 11.3 Å². The fraction of sp³-hybridized carbons (Fsp3) is 0.458. The number of hydrogen-bond donors (Lipinski definition) is 2. The minimum atomic E-state index is -0.770. The summed E-state index contributed by atoms with van der Waals surface area (Å²) in [6, 6.07) is 2.96. The lowest BCUT2D eigenvalue weighted by atomic mass is 9.97. The van der Waals surface area contributed by atoms with Crippen molar-refractivity contribution in [3.63, 3.8) is 0 Å². The summed E-state index contributed by atoms with van der Waals surface area (Å²) in [5.41, 5.74) is 1.22.